The lowest BCUT2D eigenvalue weighted by molar-refractivity contribution is -0.0542. The molecular weight excluding hydrogens is 688 g/mol. The molecule has 46 heavy (non-hydrogen) atoms. The Labute approximate surface area is 269 Å². The Morgan fingerprint density at radius 1 is 1.07 bits per heavy atom. The summed E-state index contributed by atoms with van der Waals surface area (Å²) in [6.45, 7) is -9.10. The maximum Gasteiger partial charge on any atom is 0.386 e. The number of nitrogens with one attached hydrogen (secondary N) is 1. The highest BCUT2D eigenvalue weighted by atomic mass is 32.7. The normalized spacial score (nSPS) is 37.1. The Morgan fingerprint density at radius 3 is 2.57 bits per heavy atom. The van der Waals surface area contributed by atoms with Crippen LogP contribution in [0.4, 0.5) is 11.8 Å². The lowest BCUT2D eigenvalue weighted by Gasteiger charge is -2.27. The zero-order valence-electron chi connectivity index (χ0n) is 23.8. The second-order valence-electron chi connectivity index (χ2n) is 11.0. The Hall–Kier alpha value is -2.55. The van der Waals surface area contributed by atoms with Crippen LogP contribution < -0.4 is 17.0 Å². The number of aliphatic hydroxyl groups excluding tert-OH is 1. The molecule has 2 saturated heterocycles. The van der Waals surface area contributed by atoms with Crippen LogP contribution in [-0.2, 0) is 36.7 Å². The first kappa shape index (κ1) is 32.0. The molecule has 0 amide bonds. The lowest BCUT2D eigenvalue weighted by Crippen LogP contribution is -2.37. The summed E-state index contributed by atoms with van der Waals surface area (Å²) in [5.74, 6) is -0.602. The zero-order valence-corrected chi connectivity index (χ0v) is 27.4. The number of ether oxygens (including phenoxy) is 2. The standard InChI is InChI=1S/C23H29N9O10P2S2/c1-37-16-12-6-39-44(36,46)41-15-9(4-11(14(15)33)31-3-2-10-18(24)26-7-27-19(10)31)5-38-43(35,45)42-17(16)22(40-12)32-8-28-13-20(32)29-23(25)30-21(13)34/h2-3,7-9,11-12,14-17,22,33H,4-6H2,1H3,(H,35,45)(H,36,46)(H2,24,26,27)(H3,25,29,30,34)/t9-,11-,12-,14+,15-,16-,17-,22-,43-,44+/m1/s1. The van der Waals surface area contributed by atoms with Crippen LogP contribution in [-0.4, -0.2) is 90.0 Å². The zero-order chi connectivity index (χ0) is 32.5. The molecule has 6 heterocycles. The number of H-pyrrole nitrogens is 1. The van der Waals surface area contributed by atoms with Gasteiger partial charge in [-0.3, -0.25) is 27.9 Å². The number of aromatic nitrogens is 7. The first-order chi connectivity index (χ1) is 21.9. The smallest absolute Gasteiger partial charge is 0.386 e. The van der Waals surface area contributed by atoms with Gasteiger partial charge in [-0.25, -0.2) is 24.1 Å². The number of anilines is 2. The predicted octanol–water partition coefficient (Wildman–Crippen LogP) is 1.46. The minimum atomic E-state index is -4.22. The number of nitrogen functional groups attached to an aromatic ring is 2. The molecule has 0 radical (unpaired) electrons. The third-order valence-corrected chi connectivity index (χ3v) is 11.5. The molecule has 4 aromatic heterocycles. The molecule has 1 aliphatic carbocycles. The quantitative estimate of drug-likeness (QED) is 0.129. The van der Waals surface area contributed by atoms with Gasteiger partial charge in [0.15, 0.2) is 17.4 Å². The second-order valence-corrected chi connectivity index (χ2v) is 16.7. The van der Waals surface area contributed by atoms with Gasteiger partial charge in [-0.2, -0.15) is 4.98 Å². The lowest BCUT2D eigenvalue weighted by atomic mass is 10.1. The van der Waals surface area contributed by atoms with Crippen molar-refractivity contribution in [1.82, 2.24) is 34.1 Å². The van der Waals surface area contributed by atoms with Crippen molar-refractivity contribution in [1.29, 1.82) is 0 Å². The van der Waals surface area contributed by atoms with Gasteiger partial charge in [0.2, 0.25) is 5.95 Å². The van der Waals surface area contributed by atoms with Crippen LogP contribution in [0.25, 0.3) is 22.2 Å². The number of rotatable bonds is 3. The number of fused-ring (bicyclic) bond motifs is 5. The third-order valence-electron chi connectivity index (χ3n) is 8.28. The molecule has 7 rings (SSSR count). The van der Waals surface area contributed by atoms with Crippen LogP contribution in [0.2, 0.25) is 0 Å². The minimum Gasteiger partial charge on any atom is -0.388 e. The molecule has 4 aromatic rings. The largest absolute Gasteiger partial charge is 0.388 e. The van der Waals surface area contributed by atoms with Gasteiger partial charge in [0.25, 0.3) is 5.56 Å². The molecule has 1 saturated carbocycles. The number of nitrogens with zero attached hydrogens (tertiary/aromatic N) is 6. The summed E-state index contributed by atoms with van der Waals surface area (Å²) in [5.41, 5.74) is 11.7. The predicted molar refractivity (Wildman–Crippen MR) is 167 cm³/mol. The monoisotopic (exact) mass is 717 g/mol. The molecule has 3 fully saturated rings. The maximum absolute atomic E-state index is 13.8. The Balaban J connectivity index is 1.22. The minimum absolute atomic E-state index is 0.0387. The number of hydrogen-bond donors (Lipinski definition) is 6. The summed E-state index contributed by atoms with van der Waals surface area (Å²) >= 11 is 8.42. The molecule has 0 unspecified atom stereocenters. The van der Waals surface area contributed by atoms with Crippen molar-refractivity contribution in [3.8, 4) is 0 Å². The van der Waals surface area contributed by atoms with Crippen LogP contribution in [0.5, 0.6) is 0 Å². The number of aliphatic hydroxyl groups is 1. The highest BCUT2D eigenvalue weighted by molar-refractivity contribution is 8.44. The molecule has 6 N–H and O–H groups in total. The average molecular weight is 718 g/mol. The van der Waals surface area contributed by atoms with E-state index in [2.05, 4.69) is 49.4 Å². The highest BCUT2D eigenvalue weighted by Crippen LogP contribution is 2.61. The molecule has 0 aromatic carbocycles. The maximum atomic E-state index is 13.8. The third kappa shape index (κ3) is 5.66. The van der Waals surface area contributed by atoms with Crippen LogP contribution >= 0.6 is 38.1 Å². The summed E-state index contributed by atoms with van der Waals surface area (Å²) in [7, 11) is 1.36. The number of aromatic amines is 1. The van der Waals surface area contributed by atoms with Gasteiger partial charge in [0.05, 0.1) is 31.0 Å². The first-order valence-corrected chi connectivity index (χ1v) is 19.2. The van der Waals surface area contributed by atoms with Crippen LogP contribution in [0, 0.1) is 5.92 Å². The van der Waals surface area contributed by atoms with Crippen molar-refractivity contribution in [2.24, 2.45) is 5.92 Å². The summed E-state index contributed by atoms with van der Waals surface area (Å²) in [4.78, 5) is 31.4. The van der Waals surface area contributed by atoms with Crippen molar-refractivity contribution >= 4 is 72.1 Å². The summed E-state index contributed by atoms with van der Waals surface area (Å²) < 4.78 is 65.5. The second kappa shape index (κ2) is 11.9. The fourth-order valence-corrected chi connectivity index (χ4v) is 9.27. The fourth-order valence-electron chi connectivity index (χ4n) is 6.25. The first-order valence-electron chi connectivity index (χ1n) is 13.8. The van der Waals surface area contributed by atoms with E-state index in [4.69, 9.17) is 39.0 Å². The Kier molecular flexibility index (Phi) is 8.25. The van der Waals surface area contributed by atoms with E-state index in [9.17, 15) is 19.0 Å². The van der Waals surface area contributed by atoms with E-state index in [-0.39, 0.29) is 36.0 Å². The molecule has 248 valence electrons. The van der Waals surface area contributed by atoms with Crippen molar-refractivity contribution in [2.45, 2.75) is 49.2 Å². The van der Waals surface area contributed by atoms with Crippen LogP contribution in [0.3, 0.4) is 0 Å². The van der Waals surface area contributed by atoms with E-state index in [1.165, 1.54) is 24.3 Å². The molecular formula is C23H29N9O10P2S2. The van der Waals surface area contributed by atoms with Gasteiger partial charge < -0.3 is 35.1 Å². The van der Waals surface area contributed by atoms with Crippen molar-refractivity contribution in [3.05, 3.63) is 35.3 Å². The number of nitrogens with two attached hydrogens (primary N) is 2. The van der Waals surface area contributed by atoms with Gasteiger partial charge in [0.1, 0.15) is 48.3 Å². The molecule has 23 heteroatoms. The van der Waals surface area contributed by atoms with E-state index in [0.29, 0.717) is 11.0 Å². The summed E-state index contributed by atoms with van der Waals surface area (Å²) in [6.07, 6.45) is -2.27. The molecule has 2 bridgehead atoms. The highest BCUT2D eigenvalue weighted by Gasteiger charge is 2.53. The van der Waals surface area contributed by atoms with E-state index >= 15 is 0 Å². The number of imidazole rings is 1. The summed E-state index contributed by atoms with van der Waals surface area (Å²) in [6, 6.07) is 1.07. The molecule has 0 spiro atoms. The number of methoxy groups -OCH3 is 1. The topological polar surface area (TPSA) is 256 Å². The molecule has 10 atom stereocenters. The molecule has 2 aliphatic heterocycles. The number of hydrogen-bond acceptors (Lipinski definition) is 16. The van der Waals surface area contributed by atoms with Crippen molar-refractivity contribution in [2.75, 3.05) is 31.8 Å². The van der Waals surface area contributed by atoms with Gasteiger partial charge in [-0.15, -0.1) is 0 Å². The van der Waals surface area contributed by atoms with E-state index in [1.54, 1.807) is 16.8 Å². The SMILES string of the molecule is CO[C@H]1[C@H]2O[P@](=O)(S)OC[C@H]3C[C@@H](n4ccc5c(N)ncnc54)[C@H](O)[C@@H]3O[P@@](=O)(S)OC[C@H]1O[C@H]2n1cnc2c(=O)[nH]c(N)nc21. The van der Waals surface area contributed by atoms with Gasteiger partial charge >= 0.3 is 13.6 Å². The van der Waals surface area contributed by atoms with E-state index in [0.717, 1.165) is 0 Å². The van der Waals surface area contributed by atoms with Crippen LogP contribution in [0.15, 0.2) is 29.7 Å². The van der Waals surface area contributed by atoms with Gasteiger partial charge in [-0.05, 0) is 12.5 Å². The Bertz CT molecular complexity index is 1960. The van der Waals surface area contributed by atoms with Gasteiger partial charge in [0, 0.05) is 19.2 Å². The van der Waals surface area contributed by atoms with Crippen molar-refractivity contribution in [3.63, 3.8) is 0 Å². The van der Waals surface area contributed by atoms with Crippen LogP contribution in [0.1, 0.15) is 18.7 Å². The van der Waals surface area contributed by atoms with Gasteiger partial charge in [-0.1, -0.05) is 24.5 Å². The summed E-state index contributed by atoms with van der Waals surface area (Å²) in [5, 5.41) is 12.0. The fraction of sp³-hybridized carbons (Fsp3) is 0.522. The molecule has 3 aliphatic rings. The van der Waals surface area contributed by atoms with E-state index < -0.39 is 74.5 Å². The Morgan fingerprint density at radius 2 is 1.80 bits per heavy atom. The number of thiol groups is 2. The van der Waals surface area contributed by atoms with Crippen molar-refractivity contribution < 1.29 is 41.8 Å². The van der Waals surface area contributed by atoms with E-state index in [1.807, 2.05) is 0 Å². The molecule has 19 nitrogen and oxygen atoms in total. The average Bonchev–Trinajstić information content (AvgIpc) is 3.75.